The Bertz CT molecular complexity index is 582. The van der Waals surface area contributed by atoms with Crippen LogP contribution in [0.2, 0.25) is 0 Å². The van der Waals surface area contributed by atoms with E-state index in [1.54, 1.807) is 6.07 Å². The van der Waals surface area contributed by atoms with Crippen LogP contribution >= 0.6 is 0 Å². The first-order valence-electron chi connectivity index (χ1n) is 7.59. The van der Waals surface area contributed by atoms with Crippen LogP contribution in [0, 0.1) is 5.41 Å². The Labute approximate surface area is 128 Å². The Morgan fingerprint density at radius 3 is 2.43 bits per heavy atom. The monoisotopic (exact) mass is 310 g/mol. The summed E-state index contributed by atoms with van der Waals surface area (Å²) in [5, 5.41) is 3.52. The lowest BCUT2D eigenvalue weighted by molar-refractivity contribution is 0.313. The van der Waals surface area contributed by atoms with Crippen LogP contribution in [0.4, 0.5) is 11.4 Å². The largest absolute Gasteiger partial charge is 0.381 e. The standard InChI is InChI=1S/C16H26N2O2S/c1-16(2)11-6-7-13(10-12-16)17-14-8-4-5-9-15(14)18-21(3,19)20/h4-5,8-9,13,17-18H,6-7,10-12H2,1-3H3. The van der Waals surface area contributed by atoms with Crippen LogP contribution in [-0.4, -0.2) is 20.7 Å². The molecule has 1 aliphatic carbocycles. The lowest BCUT2D eigenvalue weighted by Crippen LogP contribution is -2.21. The highest BCUT2D eigenvalue weighted by molar-refractivity contribution is 7.92. The van der Waals surface area contributed by atoms with E-state index in [2.05, 4.69) is 23.9 Å². The number of sulfonamides is 1. The molecular formula is C16H26N2O2S. The highest BCUT2D eigenvalue weighted by Gasteiger charge is 2.24. The predicted molar refractivity (Wildman–Crippen MR) is 89.2 cm³/mol. The van der Waals surface area contributed by atoms with Gasteiger partial charge in [-0.3, -0.25) is 4.72 Å². The van der Waals surface area contributed by atoms with E-state index in [-0.39, 0.29) is 0 Å². The molecule has 1 atom stereocenters. The third-order valence-corrected chi connectivity index (χ3v) is 4.75. The fourth-order valence-corrected chi connectivity index (χ4v) is 3.50. The molecule has 1 aromatic carbocycles. The van der Waals surface area contributed by atoms with Crippen molar-refractivity contribution >= 4 is 21.4 Å². The number of benzene rings is 1. The average Bonchev–Trinajstić information content (AvgIpc) is 2.52. The fourth-order valence-electron chi connectivity index (χ4n) is 2.92. The maximum atomic E-state index is 11.4. The van der Waals surface area contributed by atoms with Crippen molar-refractivity contribution in [3.05, 3.63) is 24.3 Å². The molecule has 2 N–H and O–H groups in total. The van der Waals surface area contributed by atoms with Gasteiger partial charge in [0.05, 0.1) is 17.6 Å². The second-order valence-corrected chi connectivity index (χ2v) is 8.60. The number of hydrogen-bond acceptors (Lipinski definition) is 3. The number of rotatable bonds is 4. The van der Waals surface area contributed by atoms with Crippen LogP contribution in [0.3, 0.4) is 0 Å². The molecule has 1 aromatic rings. The fraction of sp³-hybridized carbons (Fsp3) is 0.625. The zero-order valence-corrected chi connectivity index (χ0v) is 14.0. The minimum absolute atomic E-state index is 0.411. The van der Waals surface area contributed by atoms with Crippen molar-refractivity contribution in [3.8, 4) is 0 Å². The van der Waals surface area contributed by atoms with Gasteiger partial charge in [0.2, 0.25) is 10.0 Å². The van der Waals surface area contributed by atoms with Gasteiger partial charge in [0, 0.05) is 6.04 Å². The molecule has 1 saturated carbocycles. The van der Waals surface area contributed by atoms with Gasteiger partial charge in [0.25, 0.3) is 0 Å². The van der Waals surface area contributed by atoms with E-state index in [0.717, 1.165) is 18.5 Å². The Kier molecular flexibility index (Phi) is 4.81. The van der Waals surface area contributed by atoms with E-state index >= 15 is 0 Å². The molecule has 0 heterocycles. The lowest BCUT2D eigenvalue weighted by Gasteiger charge is -2.23. The van der Waals surface area contributed by atoms with Crippen LogP contribution in [0.5, 0.6) is 0 Å². The van der Waals surface area contributed by atoms with Crippen molar-refractivity contribution in [2.24, 2.45) is 5.41 Å². The molecule has 4 nitrogen and oxygen atoms in total. The molecular weight excluding hydrogens is 284 g/mol. The number of para-hydroxylation sites is 2. The van der Waals surface area contributed by atoms with Crippen molar-refractivity contribution in [1.82, 2.24) is 0 Å². The lowest BCUT2D eigenvalue weighted by atomic mass is 9.85. The van der Waals surface area contributed by atoms with E-state index in [9.17, 15) is 8.42 Å². The van der Waals surface area contributed by atoms with Crippen LogP contribution < -0.4 is 10.0 Å². The molecule has 1 aliphatic rings. The predicted octanol–water partition coefficient (Wildman–Crippen LogP) is 3.83. The van der Waals surface area contributed by atoms with Crippen molar-refractivity contribution in [2.45, 2.75) is 52.0 Å². The molecule has 0 bridgehead atoms. The number of nitrogens with one attached hydrogen (secondary N) is 2. The normalized spacial score (nSPS) is 22.3. The van der Waals surface area contributed by atoms with Crippen molar-refractivity contribution in [1.29, 1.82) is 0 Å². The van der Waals surface area contributed by atoms with E-state index < -0.39 is 10.0 Å². The summed E-state index contributed by atoms with van der Waals surface area (Å²) in [6, 6.07) is 7.91. The Balaban J connectivity index is 2.09. The van der Waals surface area contributed by atoms with Gasteiger partial charge in [-0.25, -0.2) is 8.42 Å². The molecule has 5 heteroatoms. The molecule has 0 saturated heterocycles. The summed E-state index contributed by atoms with van der Waals surface area (Å²) in [7, 11) is -3.26. The van der Waals surface area contributed by atoms with Gasteiger partial charge in [0.1, 0.15) is 0 Å². The molecule has 0 aliphatic heterocycles. The van der Waals surface area contributed by atoms with Gasteiger partial charge < -0.3 is 5.32 Å². The maximum Gasteiger partial charge on any atom is 0.229 e. The van der Waals surface area contributed by atoms with Crippen LogP contribution in [0.15, 0.2) is 24.3 Å². The highest BCUT2D eigenvalue weighted by Crippen LogP contribution is 2.35. The summed E-state index contributed by atoms with van der Waals surface area (Å²) in [4.78, 5) is 0. The molecule has 1 unspecified atom stereocenters. The number of hydrogen-bond donors (Lipinski definition) is 2. The van der Waals surface area contributed by atoms with Gasteiger partial charge >= 0.3 is 0 Å². The van der Waals surface area contributed by atoms with E-state index in [4.69, 9.17) is 0 Å². The summed E-state index contributed by atoms with van der Waals surface area (Å²) in [5.41, 5.74) is 1.91. The molecule has 118 valence electrons. The second kappa shape index (κ2) is 6.26. The summed E-state index contributed by atoms with van der Waals surface area (Å²) in [6.45, 7) is 4.66. The maximum absolute atomic E-state index is 11.4. The summed E-state index contributed by atoms with van der Waals surface area (Å²) >= 11 is 0. The third kappa shape index (κ3) is 5.23. The minimum Gasteiger partial charge on any atom is -0.381 e. The highest BCUT2D eigenvalue weighted by atomic mass is 32.2. The topological polar surface area (TPSA) is 58.2 Å². The van der Waals surface area contributed by atoms with E-state index in [1.165, 1.54) is 25.5 Å². The van der Waals surface area contributed by atoms with Gasteiger partial charge in [-0.15, -0.1) is 0 Å². The first-order valence-corrected chi connectivity index (χ1v) is 9.48. The molecule has 0 spiro atoms. The zero-order valence-electron chi connectivity index (χ0n) is 13.1. The molecule has 2 rings (SSSR count). The van der Waals surface area contributed by atoms with Crippen molar-refractivity contribution in [3.63, 3.8) is 0 Å². The molecule has 0 amide bonds. The summed E-state index contributed by atoms with van der Waals surface area (Å²) in [5.74, 6) is 0. The Hall–Kier alpha value is -1.23. The van der Waals surface area contributed by atoms with E-state index in [1.807, 2.05) is 18.2 Å². The summed E-state index contributed by atoms with van der Waals surface area (Å²) < 4.78 is 25.5. The van der Waals surface area contributed by atoms with Gasteiger partial charge in [-0.1, -0.05) is 32.4 Å². The Morgan fingerprint density at radius 1 is 1.10 bits per heavy atom. The second-order valence-electron chi connectivity index (χ2n) is 6.86. The molecule has 0 aromatic heterocycles. The van der Waals surface area contributed by atoms with Crippen LogP contribution in [0.25, 0.3) is 0 Å². The van der Waals surface area contributed by atoms with Gasteiger partial charge in [-0.05, 0) is 43.2 Å². The first-order chi connectivity index (χ1) is 9.75. The minimum atomic E-state index is -3.26. The van der Waals surface area contributed by atoms with Crippen LogP contribution in [0.1, 0.15) is 46.0 Å². The molecule has 0 radical (unpaired) electrons. The molecule has 21 heavy (non-hydrogen) atoms. The van der Waals surface area contributed by atoms with Gasteiger partial charge in [-0.2, -0.15) is 0 Å². The first kappa shape index (κ1) is 16.1. The molecule has 1 fully saturated rings. The summed E-state index contributed by atoms with van der Waals surface area (Å²) in [6.07, 6.45) is 7.11. The van der Waals surface area contributed by atoms with Gasteiger partial charge in [0.15, 0.2) is 0 Å². The quantitative estimate of drug-likeness (QED) is 0.831. The smallest absolute Gasteiger partial charge is 0.229 e. The average molecular weight is 310 g/mol. The van der Waals surface area contributed by atoms with Crippen molar-refractivity contribution in [2.75, 3.05) is 16.3 Å². The number of anilines is 2. The van der Waals surface area contributed by atoms with E-state index in [0.29, 0.717) is 17.1 Å². The van der Waals surface area contributed by atoms with Crippen LogP contribution in [-0.2, 0) is 10.0 Å². The SMILES string of the molecule is CC1(C)CCCC(Nc2ccccc2NS(C)(=O)=O)CC1. The zero-order chi connectivity index (χ0) is 15.5. The third-order valence-electron chi connectivity index (χ3n) is 4.16. The van der Waals surface area contributed by atoms with Crippen molar-refractivity contribution < 1.29 is 8.42 Å². The Morgan fingerprint density at radius 2 is 1.76 bits per heavy atom.